The smallest absolute Gasteiger partial charge is 0.175 e. The fraction of sp³-hybridized carbons (Fsp3) is 0.600. The summed E-state index contributed by atoms with van der Waals surface area (Å²) in [6.07, 6.45) is 4.54. The van der Waals surface area contributed by atoms with Gasteiger partial charge in [-0.05, 0) is 12.2 Å². The van der Waals surface area contributed by atoms with Crippen molar-refractivity contribution in [2.45, 2.75) is 26.8 Å². The first kappa shape index (κ1) is 11.3. The number of hydrogen-bond donors (Lipinski definition) is 0. The summed E-state index contributed by atoms with van der Waals surface area (Å²) in [5.41, 5.74) is 0.736. The predicted molar refractivity (Wildman–Crippen MR) is 59.8 cm³/mol. The molecule has 0 saturated heterocycles. The van der Waals surface area contributed by atoms with Crippen LogP contribution in [0.25, 0.3) is 0 Å². The van der Waals surface area contributed by atoms with Gasteiger partial charge in [-0.15, -0.1) is 0 Å². The van der Waals surface area contributed by atoms with E-state index < -0.39 is 0 Å². The van der Waals surface area contributed by atoms with Crippen LogP contribution in [0.1, 0.15) is 30.6 Å². The minimum Gasteiger partial charge on any atom is -0.293 e. The molecule has 0 fully saturated rings. The first-order chi connectivity index (χ1) is 6.77. The summed E-state index contributed by atoms with van der Waals surface area (Å²) in [4.78, 5) is 11.5. The van der Waals surface area contributed by atoms with Gasteiger partial charge in [0.15, 0.2) is 5.78 Å². The number of Topliss-reactive ketones (excluding diaryl/α,β-unsaturated/α-hetero) is 1. The van der Waals surface area contributed by atoms with Crippen molar-refractivity contribution in [3.05, 3.63) is 18.0 Å². The summed E-state index contributed by atoms with van der Waals surface area (Å²) in [7, 11) is 0. The van der Waals surface area contributed by atoms with Gasteiger partial charge in [-0.3, -0.25) is 9.48 Å². The van der Waals surface area contributed by atoms with Crippen LogP contribution in [0, 0.1) is 0 Å². The number of rotatable bonds is 6. The minimum atomic E-state index is 0.180. The zero-order chi connectivity index (χ0) is 10.4. The molecule has 0 N–H and O–H groups in total. The second-order valence-electron chi connectivity index (χ2n) is 3.05. The first-order valence-corrected chi connectivity index (χ1v) is 6.06. The molecule has 1 rings (SSSR count). The Kier molecular flexibility index (Phi) is 4.73. The fourth-order valence-corrected chi connectivity index (χ4v) is 1.69. The molecule has 4 heteroatoms. The van der Waals surface area contributed by atoms with Crippen LogP contribution in [0.2, 0.25) is 0 Å². The molecule has 0 amide bonds. The number of thioether (sulfide) groups is 1. The molecular weight excluding hydrogens is 196 g/mol. The summed E-state index contributed by atoms with van der Waals surface area (Å²) in [6.45, 7) is 5.03. The number of nitrogens with zero attached hydrogens (tertiary/aromatic N) is 2. The number of aromatic nitrogens is 2. The van der Waals surface area contributed by atoms with E-state index in [4.69, 9.17) is 0 Å². The molecule has 0 aliphatic carbocycles. The van der Waals surface area contributed by atoms with Crippen LogP contribution in [-0.2, 0) is 6.54 Å². The van der Waals surface area contributed by atoms with Gasteiger partial charge in [0.05, 0.1) is 17.5 Å². The molecule has 0 bridgehead atoms. The molecule has 0 aromatic carbocycles. The van der Waals surface area contributed by atoms with E-state index in [2.05, 4.69) is 18.9 Å². The Bertz CT molecular complexity index is 296. The SMILES string of the molecule is CCCn1cc(C(=O)CSCC)cn1. The van der Waals surface area contributed by atoms with Gasteiger partial charge >= 0.3 is 0 Å². The Balaban J connectivity index is 2.53. The second kappa shape index (κ2) is 5.86. The van der Waals surface area contributed by atoms with Gasteiger partial charge in [0.2, 0.25) is 0 Å². The van der Waals surface area contributed by atoms with E-state index in [1.54, 1.807) is 18.0 Å². The van der Waals surface area contributed by atoms with Crippen molar-refractivity contribution in [3.63, 3.8) is 0 Å². The van der Waals surface area contributed by atoms with Crippen molar-refractivity contribution in [1.82, 2.24) is 9.78 Å². The maximum atomic E-state index is 11.5. The summed E-state index contributed by atoms with van der Waals surface area (Å²) in [5, 5.41) is 4.12. The van der Waals surface area contributed by atoms with Gasteiger partial charge in [0.1, 0.15) is 0 Å². The van der Waals surface area contributed by atoms with Crippen molar-refractivity contribution >= 4 is 17.5 Å². The zero-order valence-corrected chi connectivity index (χ0v) is 9.51. The van der Waals surface area contributed by atoms with E-state index in [0.29, 0.717) is 5.75 Å². The molecule has 0 saturated carbocycles. The Morgan fingerprint density at radius 3 is 3.00 bits per heavy atom. The average Bonchev–Trinajstić information content (AvgIpc) is 2.63. The number of aryl methyl sites for hydroxylation is 1. The number of hydrogen-bond acceptors (Lipinski definition) is 3. The summed E-state index contributed by atoms with van der Waals surface area (Å²) >= 11 is 1.65. The summed E-state index contributed by atoms with van der Waals surface area (Å²) < 4.78 is 1.82. The normalized spacial score (nSPS) is 10.4. The van der Waals surface area contributed by atoms with Crippen molar-refractivity contribution in [1.29, 1.82) is 0 Å². The van der Waals surface area contributed by atoms with Gasteiger partial charge in [-0.1, -0.05) is 13.8 Å². The maximum absolute atomic E-state index is 11.5. The van der Waals surface area contributed by atoms with Crippen molar-refractivity contribution in [2.24, 2.45) is 0 Å². The molecule has 0 spiro atoms. The molecule has 0 aliphatic rings. The predicted octanol–water partition coefficient (Wildman–Crippen LogP) is 2.23. The fourth-order valence-electron chi connectivity index (χ4n) is 1.14. The lowest BCUT2D eigenvalue weighted by Crippen LogP contribution is -2.01. The van der Waals surface area contributed by atoms with E-state index in [-0.39, 0.29) is 5.78 Å². The van der Waals surface area contributed by atoms with E-state index in [9.17, 15) is 4.79 Å². The number of carbonyl (C=O) groups is 1. The zero-order valence-electron chi connectivity index (χ0n) is 8.69. The Labute approximate surface area is 88.9 Å². The van der Waals surface area contributed by atoms with Gasteiger partial charge in [-0.2, -0.15) is 16.9 Å². The average molecular weight is 212 g/mol. The minimum absolute atomic E-state index is 0.180. The summed E-state index contributed by atoms with van der Waals surface area (Å²) in [6, 6.07) is 0. The lowest BCUT2D eigenvalue weighted by atomic mass is 10.3. The monoisotopic (exact) mass is 212 g/mol. The third-order valence-corrected chi connectivity index (χ3v) is 2.72. The molecule has 0 radical (unpaired) electrons. The summed E-state index contributed by atoms with van der Waals surface area (Å²) in [5.74, 6) is 1.72. The van der Waals surface area contributed by atoms with E-state index in [0.717, 1.165) is 24.3 Å². The highest BCUT2D eigenvalue weighted by Crippen LogP contribution is 2.06. The molecule has 78 valence electrons. The third kappa shape index (κ3) is 3.18. The Morgan fingerprint density at radius 1 is 1.57 bits per heavy atom. The standard InChI is InChI=1S/C10H16N2OS/c1-3-5-12-7-9(6-11-12)10(13)8-14-4-2/h6-7H,3-5,8H2,1-2H3. The van der Waals surface area contributed by atoms with Crippen LogP contribution in [0.15, 0.2) is 12.4 Å². The number of carbonyl (C=O) groups excluding carboxylic acids is 1. The van der Waals surface area contributed by atoms with Crippen LogP contribution in [-0.4, -0.2) is 27.1 Å². The van der Waals surface area contributed by atoms with Crippen LogP contribution in [0.5, 0.6) is 0 Å². The van der Waals surface area contributed by atoms with Gasteiger partial charge in [0, 0.05) is 12.7 Å². The quantitative estimate of drug-likeness (QED) is 0.678. The van der Waals surface area contributed by atoms with Crippen LogP contribution >= 0.6 is 11.8 Å². The Hall–Kier alpha value is -0.770. The third-order valence-electron chi connectivity index (χ3n) is 1.85. The van der Waals surface area contributed by atoms with Crippen molar-refractivity contribution in [3.8, 4) is 0 Å². The van der Waals surface area contributed by atoms with Crippen LogP contribution < -0.4 is 0 Å². The molecule has 3 nitrogen and oxygen atoms in total. The lowest BCUT2D eigenvalue weighted by Gasteiger charge is -1.96. The Morgan fingerprint density at radius 2 is 2.36 bits per heavy atom. The van der Waals surface area contributed by atoms with Gasteiger partial charge in [0.25, 0.3) is 0 Å². The van der Waals surface area contributed by atoms with E-state index in [1.165, 1.54) is 0 Å². The van der Waals surface area contributed by atoms with Crippen LogP contribution in [0.4, 0.5) is 0 Å². The van der Waals surface area contributed by atoms with Gasteiger partial charge < -0.3 is 0 Å². The first-order valence-electron chi connectivity index (χ1n) is 4.91. The van der Waals surface area contributed by atoms with Crippen molar-refractivity contribution < 1.29 is 4.79 Å². The van der Waals surface area contributed by atoms with E-state index >= 15 is 0 Å². The van der Waals surface area contributed by atoms with Crippen LogP contribution in [0.3, 0.4) is 0 Å². The molecule has 1 aromatic heterocycles. The van der Waals surface area contributed by atoms with E-state index in [1.807, 2.05) is 10.9 Å². The highest BCUT2D eigenvalue weighted by molar-refractivity contribution is 7.99. The highest BCUT2D eigenvalue weighted by Gasteiger charge is 2.07. The molecule has 0 unspecified atom stereocenters. The topological polar surface area (TPSA) is 34.9 Å². The lowest BCUT2D eigenvalue weighted by molar-refractivity contribution is 0.102. The molecule has 14 heavy (non-hydrogen) atoms. The molecular formula is C10H16N2OS. The number of ketones is 1. The molecule has 1 heterocycles. The highest BCUT2D eigenvalue weighted by atomic mass is 32.2. The maximum Gasteiger partial charge on any atom is 0.175 e. The second-order valence-corrected chi connectivity index (χ2v) is 4.33. The van der Waals surface area contributed by atoms with Gasteiger partial charge in [-0.25, -0.2) is 0 Å². The molecule has 1 aromatic rings. The molecule has 0 atom stereocenters. The largest absolute Gasteiger partial charge is 0.293 e. The molecule has 0 aliphatic heterocycles. The van der Waals surface area contributed by atoms with Crippen molar-refractivity contribution in [2.75, 3.05) is 11.5 Å².